The average Bonchev–Trinajstić information content (AvgIpc) is 2.57. The van der Waals surface area contributed by atoms with Gasteiger partial charge in [0.2, 0.25) is 0 Å². The fraction of sp³-hybridized carbons (Fsp3) is 0.474. The molecule has 1 aromatic heterocycles. The molecule has 1 N–H and O–H groups in total. The molecule has 25 heavy (non-hydrogen) atoms. The summed E-state index contributed by atoms with van der Waals surface area (Å²) in [6, 6.07) is 8.95. The summed E-state index contributed by atoms with van der Waals surface area (Å²) >= 11 is 0. The second-order valence-corrected chi connectivity index (χ2v) is 6.84. The number of nitrogens with zero attached hydrogens (tertiary/aromatic N) is 3. The van der Waals surface area contributed by atoms with Gasteiger partial charge in [-0.25, -0.2) is 4.79 Å². The Morgan fingerprint density at radius 3 is 2.48 bits per heavy atom. The standard InChI is InChI=1S/C19H28N4O2/c1-14(2)21(3)12-16-8-6-7-15(9-16)10-20-11-17-13-22(4)19(25)23(5)18(17)24/h6-9,13-14,20H,10-12H2,1-5H3. The van der Waals surface area contributed by atoms with Crippen LogP contribution in [0.4, 0.5) is 0 Å². The van der Waals surface area contributed by atoms with Crippen LogP contribution in [0.3, 0.4) is 0 Å². The highest BCUT2D eigenvalue weighted by Gasteiger charge is 2.07. The van der Waals surface area contributed by atoms with Gasteiger partial charge in [0.1, 0.15) is 0 Å². The Bertz CT molecular complexity index is 836. The van der Waals surface area contributed by atoms with E-state index in [-0.39, 0.29) is 11.2 Å². The van der Waals surface area contributed by atoms with E-state index in [0.717, 1.165) is 11.1 Å². The molecule has 0 aliphatic rings. The molecule has 136 valence electrons. The van der Waals surface area contributed by atoms with E-state index < -0.39 is 0 Å². The molecule has 6 nitrogen and oxygen atoms in total. The first kappa shape index (κ1) is 19.1. The zero-order valence-electron chi connectivity index (χ0n) is 15.7. The van der Waals surface area contributed by atoms with Gasteiger partial charge in [0.15, 0.2) is 0 Å². The van der Waals surface area contributed by atoms with Crippen molar-refractivity contribution in [1.82, 2.24) is 19.4 Å². The third-order valence-corrected chi connectivity index (χ3v) is 4.47. The minimum atomic E-state index is -0.310. The van der Waals surface area contributed by atoms with E-state index in [2.05, 4.69) is 55.4 Å². The number of hydrogen-bond acceptors (Lipinski definition) is 4. The molecule has 0 aliphatic heterocycles. The highest BCUT2D eigenvalue weighted by atomic mass is 16.2. The maximum atomic E-state index is 12.1. The lowest BCUT2D eigenvalue weighted by atomic mass is 10.1. The van der Waals surface area contributed by atoms with Crippen LogP contribution in [0.2, 0.25) is 0 Å². The van der Waals surface area contributed by atoms with Crippen molar-refractivity contribution in [3.63, 3.8) is 0 Å². The number of aryl methyl sites for hydroxylation is 1. The maximum Gasteiger partial charge on any atom is 0.330 e. The van der Waals surface area contributed by atoms with Crippen LogP contribution in [0.5, 0.6) is 0 Å². The summed E-state index contributed by atoms with van der Waals surface area (Å²) < 4.78 is 2.57. The smallest absolute Gasteiger partial charge is 0.308 e. The molecule has 1 aromatic carbocycles. The van der Waals surface area contributed by atoms with Crippen molar-refractivity contribution in [3.8, 4) is 0 Å². The van der Waals surface area contributed by atoms with Crippen LogP contribution in [-0.2, 0) is 33.7 Å². The first-order valence-electron chi connectivity index (χ1n) is 8.54. The zero-order chi connectivity index (χ0) is 18.6. The van der Waals surface area contributed by atoms with Gasteiger partial charge in [0, 0.05) is 51.5 Å². The Kier molecular flexibility index (Phi) is 6.33. The van der Waals surface area contributed by atoms with Gasteiger partial charge in [0.25, 0.3) is 5.56 Å². The summed E-state index contributed by atoms with van der Waals surface area (Å²) in [5.41, 5.74) is 2.48. The molecule has 0 fully saturated rings. The summed E-state index contributed by atoms with van der Waals surface area (Å²) in [6.45, 7) is 6.37. The van der Waals surface area contributed by atoms with E-state index in [1.165, 1.54) is 22.7 Å². The lowest BCUT2D eigenvalue weighted by Gasteiger charge is -2.21. The molecule has 0 saturated carbocycles. The third-order valence-electron chi connectivity index (χ3n) is 4.47. The van der Waals surface area contributed by atoms with Crippen LogP contribution in [0, 0.1) is 0 Å². The van der Waals surface area contributed by atoms with Crippen molar-refractivity contribution >= 4 is 0 Å². The Morgan fingerprint density at radius 2 is 1.80 bits per heavy atom. The first-order chi connectivity index (χ1) is 11.8. The molecule has 0 amide bonds. The van der Waals surface area contributed by atoms with Crippen LogP contribution in [0.1, 0.15) is 30.5 Å². The van der Waals surface area contributed by atoms with Gasteiger partial charge < -0.3 is 9.88 Å². The summed E-state index contributed by atoms with van der Waals surface area (Å²) in [7, 11) is 5.27. The summed E-state index contributed by atoms with van der Waals surface area (Å²) in [5.74, 6) is 0. The predicted octanol–water partition coefficient (Wildman–Crippen LogP) is 1.21. The van der Waals surface area contributed by atoms with Gasteiger partial charge in [-0.3, -0.25) is 14.3 Å². The van der Waals surface area contributed by atoms with E-state index in [1.807, 2.05) is 0 Å². The molecule has 0 spiro atoms. The van der Waals surface area contributed by atoms with Crippen LogP contribution in [0.25, 0.3) is 0 Å². The quantitative estimate of drug-likeness (QED) is 0.820. The second-order valence-electron chi connectivity index (χ2n) is 6.84. The fourth-order valence-corrected chi connectivity index (χ4v) is 2.65. The minimum absolute atomic E-state index is 0.247. The SMILES string of the molecule is CC(C)N(C)Cc1cccc(CNCc2cn(C)c(=O)n(C)c2=O)c1. The molecule has 0 radical (unpaired) electrons. The molecule has 0 aliphatic carbocycles. The van der Waals surface area contributed by atoms with Crippen LogP contribution < -0.4 is 16.6 Å². The van der Waals surface area contributed by atoms with E-state index in [1.54, 1.807) is 13.2 Å². The van der Waals surface area contributed by atoms with E-state index >= 15 is 0 Å². The molecule has 6 heteroatoms. The van der Waals surface area contributed by atoms with E-state index in [9.17, 15) is 9.59 Å². The Labute approximate surface area is 148 Å². The Balaban J connectivity index is 2.01. The number of nitrogens with one attached hydrogen (secondary N) is 1. The average molecular weight is 344 g/mol. The number of rotatable bonds is 7. The van der Waals surface area contributed by atoms with Crippen LogP contribution in [-0.4, -0.2) is 27.1 Å². The maximum absolute atomic E-state index is 12.1. The first-order valence-corrected chi connectivity index (χ1v) is 8.54. The molecular formula is C19H28N4O2. The predicted molar refractivity (Wildman–Crippen MR) is 101 cm³/mol. The Morgan fingerprint density at radius 1 is 1.12 bits per heavy atom. The summed E-state index contributed by atoms with van der Waals surface area (Å²) in [5, 5.41) is 3.29. The van der Waals surface area contributed by atoms with Crippen LogP contribution in [0.15, 0.2) is 40.1 Å². The molecule has 2 aromatic rings. The topological polar surface area (TPSA) is 59.3 Å². The van der Waals surface area contributed by atoms with E-state index in [4.69, 9.17) is 0 Å². The number of aromatic nitrogens is 2. The van der Waals surface area contributed by atoms with Gasteiger partial charge in [-0.15, -0.1) is 0 Å². The summed E-state index contributed by atoms with van der Waals surface area (Å²) in [4.78, 5) is 26.1. The number of benzene rings is 1. The van der Waals surface area contributed by atoms with Gasteiger partial charge in [-0.2, -0.15) is 0 Å². The molecule has 1 heterocycles. The third kappa shape index (κ3) is 4.90. The van der Waals surface area contributed by atoms with Gasteiger partial charge >= 0.3 is 5.69 Å². The highest BCUT2D eigenvalue weighted by molar-refractivity contribution is 5.23. The lowest BCUT2D eigenvalue weighted by molar-refractivity contribution is 0.266. The van der Waals surface area contributed by atoms with E-state index in [0.29, 0.717) is 24.7 Å². The van der Waals surface area contributed by atoms with Crippen molar-refractivity contribution in [1.29, 1.82) is 0 Å². The molecule has 0 atom stereocenters. The second kappa shape index (κ2) is 8.27. The van der Waals surface area contributed by atoms with Crippen molar-refractivity contribution < 1.29 is 0 Å². The minimum Gasteiger partial charge on any atom is -0.308 e. The van der Waals surface area contributed by atoms with Gasteiger partial charge in [-0.1, -0.05) is 24.3 Å². The summed E-state index contributed by atoms with van der Waals surface area (Å²) in [6.07, 6.45) is 1.60. The van der Waals surface area contributed by atoms with Crippen molar-refractivity contribution in [3.05, 3.63) is 68.0 Å². The molecule has 0 bridgehead atoms. The number of hydrogen-bond donors (Lipinski definition) is 1. The largest absolute Gasteiger partial charge is 0.330 e. The van der Waals surface area contributed by atoms with Gasteiger partial charge in [0.05, 0.1) is 0 Å². The highest BCUT2D eigenvalue weighted by Crippen LogP contribution is 2.09. The molecule has 0 saturated heterocycles. The lowest BCUT2D eigenvalue weighted by Crippen LogP contribution is -2.39. The molecule has 0 unspecified atom stereocenters. The van der Waals surface area contributed by atoms with Crippen LogP contribution >= 0.6 is 0 Å². The Hall–Kier alpha value is -2.18. The molecular weight excluding hydrogens is 316 g/mol. The molecule has 2 rings (SSSR count). The fourth-order valence-electron chi connectivity index (χ4n) is 2.65. The van der Waals surface area contributed by atoms with Crippen molar-refractivity contribution in [2.45, 2.75) is 39.5 Å². The van der Waals surface area contributed by atoms with Crippen molar-refractivity contribution in [2.75, 3.05) is 7.05 Å². The van der Waals surface area contributed by atoms with Gasteiger partial charge in [-0.05, 0) is 32.0 Å². The normalized spacial score (nSPS) is 11.5. The zero-order valence-corrected chi connectivity index (χ0v) is 15.7. The van der Waals surface area contributed by atoms with Crippen molar-refractivity contribution in [2.24, 2.45) is 14.1 Å². The monoisotopic (exact) mass is 344 g/mol.